The summed E-state index contributed by atoms with van der Waals surface area (Å²) in [5.74, 6) is 0.125. The molecule has 1 aromatic carbocycles. The van der Waals surface area contributed by atoms with E-state index in [0.717, 1.165) is 29.2 Å². The number of hydrogen-bond donors (Lipinski definition) is 2. The summed E-state index contributed by atoms with van der Waals surface area (Å²) in [4.78, 5) is 21.8. The van der Waals surface area contributed by atoms with Crippen LogP contribution in [0.3, 0.4) is 0 Å². The molecular weight excluding hydrogens is 422 g/mol. The van der Waals surface area contributed by atoms with Crippen LogP contribution in [0.15, 0.2) is 69.8 Å². The molecule has 0 saturated heterocycles. The van der Waals surface area contributed by atoms with Gasteiger partial charge in [-0.05, 0) is 42.0 Å². The molecule has 0 fully saturated rings. The highest BCUT2D eigenvalue weighted by atomic mass is 32.2. The van der Waals surface area contributed by atoms with Crippen molar-refractivity contribution in [2.45, 2.75) is 11.3 Å². The normalized spacial score (nSPS) is 16.7. The van der Waals surface area contributed by atoms with Gasteiger partial charge in [0.25, 0.3) is 11.4 Å². The van der Waals surface area contributed by atoms with E-state index < -0.39 is 42.7 Å². The second kappa shape index (κ2) is 7.90. The van der Waals surface area contributed by atoms with Crippen molar-refractivity contribution in [3.8, 4) is 0 Å². The van der Waals surface area contributed by atoms with Crippen LogP contribution in [0.4, 0.5) is 17.1 Å². The van der Waals surface area contributed by atoms with Crippen LogP contribution in [0.2, 0.25) is 0 Å². The van der Waals surface area contributed by atoms with Crippen molar-refractivity contribution in [3.63, 3.8) is 0 Å². The van der Waals surface area contributed by atoms with Crippen molar-refractivity contribution in [2.24, 2.45) is 0 Å². The fraction of sp³-hybridized carbons (Fsp3) is 0.0588. The lowest BCUT2D eigenvalue weighted by Gasteiger charge is -2.27. The maximum absolute atomic E-state index is 11.3. The van der Waals surface area contributed by atoms with E-state index in [-0.39, 0.29) is 11.4 Å². The van der Waals surface area contributed by atoms with Crippen LogP contribution in [0.25, 0.3) is 6.08 Å². The van der Waals surface area contributed by atoms with Gasteiger partial charge in [-0.3, -0.25) is 24.8 Å². The lowest BCUT2D eigenvalue weighted by atomic mass is 10.1. The van der Waals surface area contributed by atoms with Crippen molar-refractivity contribution in [1.82, 2.24) is 0 Å². The van der Waals surface area contributed by atoms with E-state index in [1.54, 1.807) is 0 Å². The molecule has 0 bridgehead atoms. The number of aliphatic hydroxyl groups excluding tert-OH is 1. The molecule has 1 unspecified atom stereocenters. The molecule has 12 nitrogen and oxygen atoms in total. The predicted octanol–water partition coefficient (Wildman–Crippen LogP) is 2.63. The van der Waals surface area contributed by atoms with E-state index in [9.17, 15) is 33.8 Å². The van der Waals surface area contributed by atoms with Gasteiger partial charge in [0.1, 0.15) is 11.4 Å². The third-order valence-corrected chi connectivity index (χ3v) is 4.72. The minimum atomic E-state index is -4.46. The van der Waals surface area contributed by atoms with E-state index in [1.165, 1.54) is 36.6 Å². The average Bonchev–Trinajstić information content (AvgIpc) is 3.15. The first-order valence-electron chi connectivity index (χ1n) is 8.11. The van der Waals surface area contributed by atoms with Crippen LogP contribution >= 0.6 is 0 Å². The molecule has 0 radical (unpaired) electrons. The Morgan fingerprint density at radius 3 is 2.40 bits per heavy atom. The maximum Gasteiger partial charge on any atom is 0.328 e. The number of nitro benzene ring substituents is 2. The van der Waals surface area contributed by atoms with Gasteiger partial charge < -0.3 is 14.4 Å². The number of nitro groups is 2. The number of nitrogens with zero attached hydrogens (tertiary/aromatic N) is 3. The lowest BCUT2D eigenvalue weighted by molar-refractivity contribution is -0.393. The number of furan rings is 1. The Labute approximate surface area is 168 Å². The summed E-state index contributed by atoms with van der Waals surface area (Å²) >= 11 is 0. The minimum absolute atomic E-state index is 0.0440. The Kier molecular flexibility index (Phi) is 5.51. The molecule has 1 atom stereocenters. The molecule has 1 aliphatic rings. The summed E-state index contributed by atoms with van der Waals surface area (Å²) in [6.07, 6.45) is 5.74. The van der Waals surface area contributed by atoms with Gasteiger partial charge in [0, 0.05) is 12.3 Å². The summed E-state index contributed by atoms with van der Waals surface area (Å²) in [6.45, 7) is 0. The van der Waals surface area contributed by atoms with E-state index in [4.69, 9.17) is 8.97 Å². The SMILES string of the molecule is O=[N+]([O-])c1ccc(N2C=CC(C=Cc3ccc(S(=O)(=O)O)o3)=CC2O)c([N+](=O)[O-])c1. The summed E-state index contributed by atoms with van der Waals surface area (Å²) in [7, 11) is -4.46. The van der Waals surface area contributed by atoms with Gasteiger partial charge in [-0.2, -0.15) is 8.42 Å². The summed E-state index contributed by atoms with van der Waals surface area (Å²) in [6, 6.07) is 5.45. The molecular formula is C17H13N3O9S. The van der Waals surface area contributed by atoms with Crippen molar-refractivity contribution in [2.75, 3.05) is 4.90 Å². The lowest BCUT2D eigenvalue weighted by Crippen LogP contribution is -2.31. The van der Waals surface area contributed by atoms with Crippen LogP contribution in [0, 0.1) is 20.2 Å². The molecule has 2 heterocycles. The Morgan fingerprint density at radius 2 is 1.83 bits per heavy atom. The number of anilines is 1. The van der Waals surface area contributed by atoms with Gasteiger partial charge in [0.15, 0.2) is 6.23 Å². The number of hydrogen-bond acceptors (Lipinski definition) is 9. The molecule has 13 heteroatoms. The molecule has 0 spiro atoms. The van der Waals surface area contributed by atoms with E-state index in [2.05, 4.69) is 0 Å². The van der Waals surface area contributed by atoms with E-state index in [0.29, 0.717) is 5.57 Å². The maximum atomic E-state index is 11.3. The molecule has 156 valence electrons. The van der Waals surface area contributed by atoms with Crippen LogP contribution in [-0.4, -0.2) is 34.2 Å². The Morgan fingerprint density at radius 1 is 1.10 bits per heavy atom. The first kappa shape index (κ1) is 20.9. The zero-order valence-electron chi connectivity index (χ0n) is 14.9. The molecule has 1 aliphatic heterocycles. The molecule has 2 N–H and O–H groups in total. The average molecular weight is 435 g/mol. The third-order valence-electron chi connectivity index (χ3n) is 4.00. The topological polar surface area (TPSA) is 177 Å². The zero-order valence-corrected chi connectivity index (χ0v) is 15.7. The first-order valence-corrected chi connectivity index (χ1v) is 9.55. The monoisotopic (exact) mass is 435 g/mol. The highest BCUT2D eigenvalue weighted by Gasteiger charge is 2.26. The van der Waals surface area contributed by atoms with Gasteiger partial charge >= 0.3 is 10.1 Å². The summed E-state index contributed by atoms with van der Waals surface area (Å²) < 4.78 is 35.8. The van der Waals surface area contributed by atoms with Crippen molar-refractivity contribution in [1.29, 1.82) is 0 Å². The number of benzene rings is 1. The molecule has 0 amide bonds. The van der Waals surface area contributed by atoms with Gasteiger partial charge in [-0.15, -0.1) is 0 Å². The second-order valence-corrected chi connectivity index (χ2v) is 7.31. The fourth-order valence-corrected chi connectivity index (χ4v) is 3.07. The number of allylic oxidation sites excluding steroid dienone is 3. The van der Waals surface area contributed by atoms with Crippen molar-refractivity contribution in [3.05, 3.63) is 86.3 Å². The molecule has 30 heavy (non-hydrogen) atoms. The Balaban J connectivity index is 1.83. The van der Waals surface area contributed by atoms with Gasteiger partial charge in [0.2, 0.25) is 5.09 Å². The van der Waals surface area contributed by atoms with E-state index >= 15 is 0 Å². The number of non-ortho nitro benzene ring substituents is 1. The third kappa shape index (κ3) is 4.43. The first-order chi connectivity index (χ1) is 14.1. The smallest absolute Gasteiger partial charge is 0.328 e. The predicted molar refractivity (Wildman–Crippen MR) is 103 cm³/mol. The largest absolute Gasteiger partial charge is 0.443 e. The number of rotatable bonds is 6. The standard InChI is InChI=1S/C17H13N3O9S/c21-16-9-11(1-3-13-4-6-17(29-13)30(26,27)28)7-8-18(16)14-5-2-12(19(22)23)10-15(14)20(24)25/h1-10,16,21H,(H,26,27,28). The molecule has 0 aliphatic carbocycles. The molecule has 0 saturated carbocycles. The molecule has 3 rings (SSSR count). The summed E-state index contributed by atoms with van der Waals surface area (Å²) in [5, 5.41) is 31.9. The number of aliphatic hydroxyl groups is 1. The highest BCUT2D eigenvalue weighted by Crippen LogP contribution is 2.34. The quantitative estimate of drug-likeness (QED) is 0.389. The second-order valence-electron chi connectivity index (χ2n) is 5.96. The van der Waals surface area contributed by atoms with Gasteiger partial charge in [-0.1, -0.05) is 6.08 Å². The van der Waals surface area contributed by atoms with Crippen LogP contribution in [0.1, 0.15) is 5.76 Å². The van der Waals surface area contributed by atoms with Crippen molar-refractivity contribution >= 4 is 33.3 Å². The fourth-order valence-electron chi connectivity index (χ4n) is 2.63. The van der Waals surface area contributed by atoms with Crippen LogP contribution in [-0.2, 0) is 10.1 Å². The Bertz CT molecular complexity index is 1210. The molecule has 1 aromatic heterocycles. The van der Waals surface area contributed by atoms with E-state index in [1.807, 2.05) is 0 Å². The van der Waals surface area contributed by atoms with Crippen LogP contribution in [0.5, 0.6) is 0 Å². The minimum Gasteiger partial charge on any atom is -0.443 e. The summed E-state index contributed by atoms with van der Waals surface area (Å²) in [5.41, 5.74) is -0.581. The zero-order chi connectivity index (χ0) is 22.1. The van der Waals surface area contributed by atoms with Crippen molar-refractivity contribution < 1.29 is 32.3 Å². The molecule has 2 aromatic rings. The highest BCUT2D eigenvalue weighted by molar-refractivity contribution is 7.85. The van der Waals surface area contributed by atoms with Crippen LogP contribution < -0.4 is 4.90 Å². The van der Waals surface area contributed by atoms with Gasteiger partial charge in [-0.25, -0.2) is 0 Å². The Hall–Kier alpha value is -3.81. The van der Waals surface area contributed by atoms with Gasteiger partial charge in [0.05, 0.1) is 15.9 Å².